The highest BCUT2D eigenvalue weighted by Gasteiger charge is 2.35. The molecule has 5 nitrogen and oxygen atoms in total. The summed E-state index contributed by atoms with van der Waals surface area (Å²) in [5.74, 6) is -3.44. The van der Waals surface area contributed by atoms with Gasteiger partial charge in [0.25, 0.3) is 5.91 Å². The molecule has 1 rings (SSSR count). The largest absolute Gasteiger partial charge is 0.480 e. The standard InChI is InChI=1S/C14H14F5NO4/c1-7(12(21)20-9(13(22)23)6-11(15)16)24-10-5-3-2-4-8(10)14(17,18)19/h2-5,7,9,11H,6H2,1H3,(H,20,21)(H,22,23). The molecule has 0 aliphatic rings. The Hall–Kier alpha value is -2.39. The van der Waals surface area contributed by atoms with Gasteiger partial charge in [0.05, 0.1) is 5.56 Å². The third-order valence-corrected chi connectivity index (χ3v) is 2.89. The normalized spacial score (nSPS) is 14.1. The van der Waals surface area contributed by atoms with Crippen LogP contribution in [0.5, 0.6) is 5.75 Å². The summed E-state index contributed by atoms with van der Waals surface area (Å²) in [5.41, 5.74) is -1.12. The molecule has 0 saturated heterocycles. The van der Waals surface area contributed by atoms with E-state index in [0.717, 1.165) is 25.1 Å². The number of aliphatic carboxylic acids is 1. The molecule has 0 aromatic heterocycles. The van der Waals surface area contributed by atoms with E-state index in [9.17, 15) is 31.5 Å². The zero-order valence-electron chi connectivity index (χ0n) is 12.3. The average Bonchev–Trinajstić information content (AvgIpc) is 2.45. The van der Waals surface area contributed by atoms with Gasteiger partial charge in [-0.25, -0.2) is 13.6 Å². The molecule has 0 radical (unpaired) electrons. The van der Waals surface area contributed by atoms with Crippen molar-refractivity contribution in [2.24, 2.45) is 0 Å². The van der Waals surface area contributed by atoms with Crippen LogP contribution >= 0.6 is 0 Å². The van der Waals surface area contributed by atoms with Gasteiger partial charge in [-0.15, -0.1) is 0 Å². The Labute approximate surface area is 133 Å². The Morgan fingerprint density at radius 2 is 1.83 bits per heavy atom. The van der Waals surface area contributed by atoms with Gasteiger partial charge < -0.3 is 15.2 Å². The number of benzene rings is 1. The van der Waals surface area contributed by atoms with E-state index in [0.29, 0.717) is 0 Å². The summed E-state index contributed by atoms with van der Waals surface area (Å²) >= 11 is 0. The molecule has 0 heterocycles. The molecule has 0 spiro atoms. The van der Waals surface area contributed by atoms with E-state index in [4.69, 9.17) is 9.84 Å². The Morgan fingerprint density at radius 3 is 2.33 bits per heavy atom. The first kappa shape index (κ1) is 19.7. The molecular weight excluding hydrogens is 341 g/mol. The minimum Gasteiger partial charge on any atom is -0.480 e. The van der Waals surface area contributed by atoms with Crippen molar-refractivity contribution in [3.05, 3.63) is 29.8 Å². The third-order valence-electron chi connectivity index (χ3n) is 2.89. The van der Waals surface area contributed by atoms with E-state index in [-0.39, 0.29) is 0 Å². The summed E-state index contributed by atoms with van der Waals surface area (Å²) in [6.45, 7) is 1.07. The lowest BCUT2D eigenvalue weighted by Gasteiger charge is -2.20. The molecule has 134 valence electrons. The molecule has 2 unspecified atom stereocenters. The fourth-order valence-electron chi connectivity index (χ4n) is 1.74. The summed E-state index contributed by atoms with van der Waals surface area (Å²) in [6.07, 6.45) is -10.3. The molecule has 1 aromatic rings. The van der Waals surface area contributed by atoms with Crippen LogP contribution in [0.15, 0.2) is 24.3 Å². The lowest BCUT2D eigenvalue weighted by molar-refractivity contribution is -0.144. The van der Waals surface area contributed by atoms with Crippen LogP contribution in [0, 0.1) is 0 Å². The zero-order valence-corrected chi connectivity index (χ0v) is 12.3. The number of ether oxygens (including phenoxy) is 1. The van der Waals surface area contributed by atoms with Gasteiger partial charge >= 0.3 is 12.1 Å². The first-order valence-corrected chi connectivity index (χ1v) is 6.66. The minimum atomic E-state index is -4.72. The number of para-hydroxylation sites is 1. The smallest absolute Gasteiger partial charge is 0.419 e. The van der Waals surface area contributed by atoms with Gasteiger partial charge in [0.1, 0.15) is 11.8 Å². The molecule has 10 heteroatoms. The van der Waals surface area contributed by atoms with Crippen LogP contribution in [0.25, 0.3) is 0 Å². The summed E-state index contributed by atoms with van der Waals surface area (Å²) in [5, 5.41) is 10.6. The van der Waals surface area contributed by atoms with Gasteiger partial charge in [0, 0.05) is 6.42 Å². The average molecular weight is 355 g/mol. The quantitative estimate of drug-likeness (QED) is 0.738. The number of rotatable bonds is 7. The Bertz CT molecular complexity index is 591. The molecule has 0 aliphatic heterocycles. The van der Waals surface area contributed by atoms with Gasteiger partial charge in [0.15, 0.2) is 6.10 Å². The lowest BCUT2D eigenvalue weighted by Crippen LogP contribution is -2.47. The highest BCUT2D eigenvalue weighted by molar-refractivity contribution is 5.86. The fourth-order valence-corrected chi connectivity index (χ4v) is 1.74. The van der Waals surface area contributed by atoms with Crippen LogP contribution in [0.2, 0.25) is 0 Å². The van der Waals surface area contributed by atoms with Crippen LogP contribution in [-0.4, -0.2) is 35.6 Å². The number of hydrogen-bond acceptors (Lipinski definition) is 3. The highest BCUT2D eigenvalue weighted by Crippen LogP contribution is 2.36. The fraction of sp³-hybridized carbons (Fsp3) is 0.429. The molecule has 2 atom stereocenters. The van der Waals surface area contributed by atoms with E-state index >= 15 is 0 Å². The summed E-state index contributed by atoms with van der Waals surface area (Å²) in [4.78, 5) is 22.6. The second kappa shape index (κ2) is 7.93. The lowest BCUT2D eigenvalue weighted by atomic mass is 10.2. The van der Waals surface area contributed by atoms with Gasteiger partial charge in [-0.05, 0) is 19.1 Å². The van der Waals surface area contributed by atoms with Crippen LogP contribution in [0.3, 0.4) is 0 Å². The molecule has 2 N–H and O–H groups in total. The number of amides is 1. The number of nitrogens with one attached hydrogen (secondary N) is 1. The Balaban J connectivity index is 2.83. The SMILES string of the molecule is CC(Oc1ccccc1C(F)(F)F)C(=O)NC(CC(F)F)C(=O)O. The summed E-state index contributed by atoms with van der Waals surface area (Å²) < 4.78 is 67.9. The molecule has 24 heavy (non-hydrogen) atoms. The summed E-state index contributed by atoms with van der Waals surface area (Å²) in [7, 11) is 0. The molecule has 1 aromatic carbocycles. The molecule has 1 amide bonds. The second-order valence-electron chi connectivity index (χ2n) is 4.78. The monoisotopic (exact) mass is 355 g/mol. The van der Waals surface area contributed by atoms with E-state index in [1.807, 2.05) is 0 Å². The second-order valence-corrected chi connectivity index (χ2v) is 4.78. The van der Waals surface area contributed by atoms with Gasteiger partial charge in [-0.3, -0.25) is 4.79 Å². The molecule has 0 bridgehead atoms. The molecule has 0 saturated carbocycles. The number of alkyl halides is 5. The number of carboxylic acids is 1. The van der Waals surface area contributed by atoms with E-state index in [1.54, 1.807) is 5.32 Å². The number of carbonyl (C=O) groups excluding carboxylic acids is 1. The predicted octanol–water partition coefficient (Wildman–Crippen LogP) is 2.70. The van der Waals surface area contributed by atoms with Crippen molar-refractivity contribution in [3.8, 4) is 5.75 Å². The number of halogens is 5. The zero-order chi connectivity index (χ0) is 18.5. The maximum Gasteiger partial charge on any atom is 0.419 e. The number of carbonyl (C=O) groups is 2. The van der Waals surface area contributed by atoms with Crippen molar-refractivity contribution in [1.29, 1.82) is 0 Å². The van der Waals surface area contributed by atoms with Crippen LogP contribution in [-0.2, 0) is 15.8 Å². The predicted molar refractivity (Wildman–Crippen MR) is 71.7 cm³/mol. The maximum atomic E-state index is 12.8. The Morgan fingerprint density at radius 1 is 1.25 bits per heavy atom. The van der Waals surface area contributed by atoms with Crippen molar-refractivity contribution in [3.63, 3.8) is 0 Å². The van der Waals surface area contributed by atoms with Crippen molar-refractivity contribution in [1.82, 2.24) is 5.32 Å². The first-order chi connectivity index (χ1) is 11.0. The van der Waals surface area contributed by atoms with Gasteiger partial charge in [-0.1, -0.05) is 12.1 Å². The van der Waals surface area contributed by atoms with Crippen molar-refractivity contribution < 1.29 is 41.4 Å². The van der Waals surface area contributed by atoms with Crippen LogP contribution < -0.4 is 10.1 Å². The van der Waals surface area contributed by atoms with Gasteiger partial charge in [0.2, 0.25) is 6.43 Å². The third kappa shape index (κ3) is 5.67. The number of hydrogen-bond donors (Lipinski definition) is 2. The number of carboxylic acid groups (broad SMARTS) is 1. The maximum absolute atomic E-state index is 12.8. The molecule has 0 aliphatic carbocycles. The molecular formula is C14H14F5NO4. The van der Waals surface area contributed by atoms with Crippen LogP contribution in [0.4, 0.5) is 22.0 Å². The van der Waals surface area contributed by atoms with Crippen molar-refractivity contribution >= 4 is 11.9 Å². The minimum absolute atomic E-state index is 0.631. The van der Waals surface area contributed by atoms with Crippen LogP contribution in [0.1, 0.15) is 18.9 Å². The summed E-state index contributed by atoms with van der Waals surface area (Å²) in [6, 6.07) is 2.24. The Kier molecular flexibility index (Phi) is 6.50. The van der Waals surface area contributed by atoms with Crippen molar-refractivity contribution in [2.45, 2.75) is 38.1 Å². The highest BCUT2D eigenvalue weighted by atomic mass is 19.4. The van der Waals surface area contributed by atoms with E-state index in [1.165, 1.54) is 6.07 Å². The van der Waals surface area contributed by atoms with E-state index in [2.05, 4.69) is 0 Å². The molecule has 0 fully saturated rings. The topological polar surface area (TPSA) is 75.6 Å². The van der Waals surface area contributed by atoms with E-state index < -0.39 is 54.4 Å². The van der Waals surface area contributed by atoms with Gasteiger partial charge in [-0.2, -0.15) is 13.2 Å². The first-order valence-electron chi connectivity index (χ1n) is 6.66. The van der Waals surface area contributed by atoms with Crippen molar-refractivity contribution in [2.75, 3.05) is 0 Å².